The number of aromatic carboxylic acids is 1. The van der Waals surface area contributed by atoms with Crippen LogP contribution >= 0.6 is 11.8 Å². The largest absolute Gasteiger partial charge is 0.478 e. The Labute approximate surface area is 224 Å². The lowest BCUT2D eigenvalue weighted by Gasteiger charge is -2.15. The molecule has 2 aromatic carbocycles. The van der Waals surface area contributed by atoms with Gasteiger partial charge in [0.05, 0.1) is 28.1 Å². The molecule has 8 heteroatoms. The molecular weight excluding hydrogens is 496 g/mol. The number of carbonyl (C=O) groups excluding carboxylic acids is 1. The van der Waals surface area contributed by atoms with Crippen molar-refractivity contribution in [2.24, 2.45) is 0 Å². The summed E-state index contributed by atoms with van der Waals surface area (Å²) in [5.74, 6) is -1.07. The minimum absolute atomic E-state index is 0.135. The number of carboxylic acids is 1. The second-order valence-corrected chi connectivity index (χ2v) is 10.2. The molecule has 0 spiro atoms. The number of hydrogen-bond donors (Lipinski definition) is 2. The van der Waals surface area contributed by atoms with Gasteiger partial charge in [-0.25, -0.2) is 14.8 Å². The topological polar surface area (TPSA) is 116 Å². The van der Waals surface area contributed by atoms with E-state index in [0.29, 0.717) is 32.9 Å². The third-order valence-electron chi connectivity index (χ3n) is 6.64. The minimum Gasteiger partial charge on any atom is -0.478 e. The number of nitriles is 1. The van der Waals surface area contributed by atoms with Gasteiger partial charge in [0.1, 0.15) is 11.1 Å². The van der Waals surface area contributed by atoms with Crippen molar-refractivity contribution >= 4 is 40.2 Å². The number of aromatic nitrogens is 2. The molecule has 0 unspecified atom stereocenters. The number of nitrogens with one attached hydrogen (secondary N) is 1. The number of para-hydroxylation sites is 1. The smallest absolute Gasteiger partial charge is 0.336 e. The quantitative estimate of drug-likeness (QED) is 0.287. The molecule has 7 nitrogen and oxygen atoms in total. The molecular formula is C30H26N4O3S. The van der Waals surface area contributed by atoms with E-state index < -0.39 is 5.97 Å². The lowest BCUT2D eigenvalue weighted by molar-refractivity contribution is -0.113. The van der Waals surface area contributed by atoms with E-state index in [0.717, 1.165) is 42.5 Å². The number of fused-ring (bicyclic) bond motifs is 2. The Bertz CT molecular complexity index is 1560. The SMILES string of the molecule is N#Cc1cc2c(nc1SCC(=O)Nc1ccc(-c3cc(C(=O)O)c4ccccc4n3)cc1)CCCCCC2. The third kappa shape index (κ3) is 5.68. The summed E-state index contributed by atoms with van der Waals surface area (Å²) in [6.07, 6.45) is 6.48. The van der Waals surface area contributed by atoms with E-state index in [4.69, 9.17) is 4.98 Å². The zero-order valence-corrected chi connectivity index (χ0v) is 21.6. The molecule has 2 heterocycles. The zero-order chi connectivity index (χ0) is 26.5. The van der Waals surface area contributed by atoms with Gasteiger partial charge in [-0.3, -0.25) is 4.79 Å². The van der Waals surface area contributed by atoms with Gasteiger partial charge >= 0.3 is 5.97 Å². The second kappa shape index (κ2) is 11.4. The summed E-state index contributed by atoms with van der Waals surface area (Å²) < 4.78 is 0. The fraction of sp³-hybridized carbons (Fsp3) is 0.233. The maximum absolute atomic E-state index is 12.7. The van der Waals surface area contributed by atoms with Gasteiger partial charge in [0.25, 0.3) is 0 Å². The van der Waals surface area contributed by atoms with Crippen LogP contribution in [0.1, 0.15) is 52.9 Å². The number of hydrogen-bond acceptors (Lipinski definition) is 6. The van der Waals surface area contributed by atoms with Crippen LogP contribution in [0.3, 0.4) is 0 Å². The van der Waals surface area contributed by atoms with E-state index in [9.17, 15) is 20.0 Å². The Morgan fingerprint density at radius 1 is 0.974 bits per heavy atom. The number of pyridine rings is 2. The molecule has 0 bridgehead atoms. The molecule has 0 atom stereocenters. The molecule has 5 rings (SSSR count). The van der Waals surface area contributed by atoms with Crippen molar-refractivity contribution in [3.05, 3.63) is 83.0 Å². The highest BCUT2D eigenvalue weighted by atomic mass is 32.2. The van der Waals surface area contributed by atoms with Crippen LogP contribution < -0.4 is 5.32 Å². The molecule has 1 aliphatic carbocycles. The Balaban J connectivity index is 1.27. The Hall–Kier alpha value is -4.22. The van der Waals surface area contributed by atoms with E-state index in [-0.39, 0.29) is 17.2 Å². The van der Waals surface area contributed by atoms with Gasteiger partial charge in [0.15, 0.2) is 0 Å². The molecule has 38 heavy (non-hydrogen) atoms. The predicted octanol–water partition coefficient (Wildman–Crippen LogP) is 6.26. The summed E-state index contributed by atoms with van der Waals surface area (Å²) in [5, 5.41) is 23.4. The highest BCUT2D eigenvalue weighted by molar-refractivity contribution is 8.00. The normalized spacial score (nSPS) is 13.1. The number of nitrogens with zero attached hydrogens (tertiary/aromatic N) is 3. The zero-order valence-electron chi connectivity index (χ0n) is 20.7. The van der Waals surface area contributed by atoms with Crippen LogP contribution in [0.5, 0.6) is 0 Å². The van der Waals surface area contributed by atoms with Crippen molar-refractivity contribution in [2.45, 2.75) is 43.6 Å². The van der Waals surface area contributed by atoms with Gasteiger partial charge < -0.3 is 10.4 Å². The van der Waals surface area contributed by atoms with Crippen molar-refractivity contribution in [3.63, 3.8) is 0 Å². The highest BCUT2D eigenvalue weighted by Gasteiger charge is 2.16. The monoisotopic (exact) mass is 522 g/mol. The van der Waals surface area contributed by atoms with Gasteiger partial charge in [0.2, 0.25) is 5.91 Å². The first-order valence-electron chi connectivity index (χ1n) is 12.6. The molecule has 2 aromatic heterocycles. The van der Waals surface area contributed by atoms with Crippen LogP contribution in [-0.4, -0.2) is 32.7 Å². The Morgan fingerprint density at radius 3 is 2.50 bits per heavy atom. The molecule has 0 radical (unpaired) electrons. The van der Waals surface area contributed by atoms with E-state index in [1.165, 1.54) is 24.6 Å². The van der Waals surface area contributed by atoms with E-state index in [1.54, 1.807) is 48.5 Å². The van der Waals surface area contributed by atoms with Crippen LogP contribution in [-0.2, 0) is 17.6 Å². The second-order valence-electron chi connectivity index (χ2n) is 9.26. The molecule has 190 valence electrons. The standard InChI is InChI=1S/C30H26N4O3S/c31-17-21-15-20-7-3-1-2-4-9-25(20)34-29(21)38-18-28(35)32-22-13-11-19(12-14-22)27-16-24(30(36)37)23-8-5-6-10-26(23)33-27/h5-6,8,10-16H,1-4,7,9,18H2,(H,32,35)(H,36,37). The first kappa shape index (κ1) is 25.4. The van der Waals surface area contributed by atoms with E-state index >= 15 is 0 Å². The molecule has 4 aromatic rings. The average molecular weight is 523 g/mol. The number of aryl methyl sites for hydroxylation is 2. The van der Waals surface area contributed by atoms with Gasteiger partial charge in [-0.2, -0.15) is 5.26 Å². The summed E-state index contributed by atoms with van der Waals surface area (Å²) in [6.45, 7) is 0. The average Bonchev–Trinajstić information content (AvgIpc) is 2.92. The fourth-order valence-corrected chi connectivity index (χ4v) is 5.49. The molecule has 0 saturated carbocycles. The molecule has 1 amide bonds. The lowest BCUT2D eigenvalue weighted by Crippen LogP contribution is -2.14. The van der Waals surface area contributed by atoms with Gasteiger partial charge in [-0.1, -0.05) is 54.9 Å². The summed E-state index contributed by atoms with van der Waals surface area (Å²) in [6, 6.07) is 20.0. The molecule has 0 aliphatic heterocycles. The van der Waals surface area contributed by atoms with Gasteiger partial charge in [0, 0.05) is 22.3 Å². The number of rotatable bonds is 6. The van der Waals surface area contributed by atoms with Crippen molar-refractivity contribution in [1.82, 2.24) is 9.97 Å². The molecule has 0 fully saturated rings. The van der Waals surface area contributed by atoms with E-state index in [1.807, 2.05) is 12.1 Å². The van der Waals surface area contributed by atoms with Crippen LogP contribution in [0.25, 0.3) is 22.2 Å². The molecule has 1 aliphatic rings. The third-order valence-corrected chi connectivity index (χ3v) is 7.63. The Kier molecular flexibility index (Phi) is 7.66. The number of carbonyl (C=O) groups is 2. The van der Waals surface area contributed by atoms with Gasteiger partial charge in [-0.15, -0.1) is 0 Å². The van der Waals surface area contributed by atoms with Crippen LogP contribution in [0.2, 0.25) is 0 Å². The molecule has 0 saturated heterocycles. The molecule has 2 N–H and O–H groups in total. The summed E-state index contributed by atoms with van der Waals surface area (Å²) in [7, 11) is 0. The number of benzene rings is 2. The maximum Gasteiger partial charge on any atom is 0.336 e. The fourth-order valence-electron chi connectivity index (χ4n) is 4.71. The summed E-state index contributed by atoms with van der Waals surface area (Å²) in [4.78, 5) is 33.8. The first-order chi connectivity index (χ1) is 18.5. The minimum atomic E-state index is -1.01. The number of carboxylic acid groups (broad SMARTS) is 1. The number of amides is 1. The van der Waals surface area contributed by atoms with Crippen molar-refractivity contribution in [2.75, 3.05) is 11.1 Å². The number of thioether (sulfide) groups is 1. The summed E-state index contributed by atoms with van der Waals surface area (Å²) in [5.41, 5.74) is 5.44. The highest BCUT2D eigenvalue weighted by Crippen LogP contribution is 2.28. The maximum atomic E-state index is 12.7. The van der Waals surface area contributed by atoms with Crippen molar-refractivity contribution in [3.8, 4) is 17.3 Å². The first-order valence-corrected chi connectivity index (χ1v) is 13.6. The Morgan fingerprint density at radius 2 is 1.74 bits per heavy atom. The van der Waals surface area contributed by atoms with E-state index in [2.05, 4.69) is 16.4 Å². The number of anilines is 1. The predicted molar refractivity (Wildman–Crippen MR) is 148 cm³/mol. The van der Waals surface area contributed by atoms with Crippen molar-refractivity contribution in [1.29, 1.82) is 5.26 Å². The van der Waals surface area contributed by atoms with Crippen LogP contribution in [0, 0.1) is 11.3 Å². The lowest BCUT2D eigenvalue weighted by atomic mass is 9.96. The van der Waals surface area contributed by atoms with Crippen LogP contribution in [0.15, 0.2) is 65.7 Å². The summed E-state index contributed by atoms with van der Waals surface area (Å²) >= 11 is 1.28. The van der Waals surface area contributed by atoms with Crippen molar-refractivity contribution < 1.29 is 14.7 Å². The van der Waals surface area contributed by atoms with Gasteiger partial charge in [-0.05, 0) is 61.6 Å². The van der Waals surface area contributed by atoms with Crippen LogP contribution in [0.4, 0.5) is 5.69 Å².